The molecule has 0 aromatic rings. The summed E-state index contributed by atoms with van der Waals surface area (Å²) in [6.07, 6.45) is 9.40. The second-order valence-corrected chi connectivity index (χ2v) is 1.61. The zero-order chi connectivity index (χ0) is 7.11. The Balaban J connectivity index is 4.13. The summed E-state index contributed by atoms with van der Waals surface area (Å²) in [5, 5.41) is 0. The van der Waals surface area contributed by atoms with Gasteiger partial charge in [-0.3, -0.25) is 0 Å². The lowest BCUT2D eigenvalue weighted by Crippen LogP contribution is -1.65. The first-order valence-electron chi connectivity index (χ1n) is 2.93. The smallest absolute Gasteiger partial charge is 0.0266 e. The quantitative estimate of drug-likeness (QED) is 0.502. The molecule has 48 valence electrons. The molecule has 0 saturated carbocycles. The summed E-state index contributed by atoms with van der Waals surface area (Å²) in [5.41, 5.74) is 1.09. The first-order chi connectivity index (χ1) is 4.35. The van der Waals surface area contributed by atoms with Crippen LogP contribution in [0, 0.1) is 0 Å². The third-order valence-electron chi connectivity index (χ3n) is 0.905. The van der Waals surface area contributed by atoms with Gasteiger partial charge >= 0.3 is 0 Å². The summed E-state index contributed by atoms with van der Waals surface area (Å²) in [5.74, 6) is 0. The molecule has 0 nitrogen and oxygen atoms in total. The van der Waals surface area contributed by atoms with Crippen molar-refractivity contribution in [3.8, 4) is 0 Å². The van der Waals surface area contributed by atoms with E-state index in [1.807, 2.05) is 25.2 Å². The van der Waals surface area contributed by atoms with Crippen molar-refractivity contribution >= 4 is 0 Å². The van der Waals surface area contributed by atoms with E-state index < -0.39 is 0 Å². The van der Waals surface area contributed by atoms with Crippen molar-refractivity contribution in [1.82, 2.24) is 0 Å². The lowest BCUT2D eigenvalue weighted by molar-refractivity contribution is 1.64. The molecule has 0 N–H and O–H groups in total. The normalized spacial score (nSPS) is 11.9. The van der Waals surface area contributed by atoms with Crippen molar-refractivity contribution in [3.63, 3.8) is 0 Å². The Morgan fingerprint density at radius 2 is 2.00 bits per heavy atom. The first-order valence-corrected chi connectivity index (χ1v) is 2.93. The van der Waals surface area contributed by atoms with E-state index in [2.05, 4.69) is 13.2 Å². The zero-order valence-electron chi connectivity index (χ0n) is 5.80. The molecule has 9 heavy (non-hydrogen) atoms. The molecule has 0 aromatic heterocycles. The highest BCUT2D eigenvalue weighted by molar-refractivity contribution is 5.31. The Hall–Kier alpha value is -1.04. The molecule has 0 aliphatic heterocycles. The van der Waals surface area contributed by atoms with E-state index in [4.69, 9.17) is 0 Å². The molecule has 0 amide bonds. The van der Waals surface area contributed by atoms with E-state index in [-0.39, 0.29) is 0 Å². The lowest BCUT2D eigenvalue weighted by atomic mass is 10.2. The molecule has 0 heterocycles. The van der Waals surface area contributed by atoms with Gasteiger partial charge in [0.05, 0.1) is 0 Å². The van der Waals surface area contributed by atoms with Gasteiger partial charge in [0.1, 0.15) is 0 Å². The molecule has 0 saturated heterocycles. The van der Waals surface area contributed by atoms with Gasteiger partial charge in [-0.05, 0) is 12.5 Å². The summed E-state index contributed by atoms with van der Waals surface area (Å²) < 4.78 is 0. The average Bonchev–Trinajstić information content (AvgIpc) is 1.88. The molecule has 0 aliphatic carbocycles. The van der Waals surface area contributed by atoms with Crippen LogP contribution in [0.4, 0.5) is 0 Å². The highest BCUT2D eigenvalue weighted by Crippen LogP contribution is 1.96. The van der Waals surface area contributed by atoms with E-state index in [0.717, 1.165) is 5.57 Å². The molecule has 0 spiro atoms. The minimum absolute atomic E-state index is 1.09. The van der Waals surface area contributed by atoms with E-state index >= 15 is 0 Å². The SMILES string of the molecule is C=C/C=C(C=C)/C=C/C. The van der Waals surface area contributed by atoms with Crippen LogP contribution >= 0.6 is 0 Å². The maximum atomic E-state index is 3.63. The van der Waals surface area contributed by atoms with E-state index in [1.165, 1.54) is 0 Å². The topological polar surface area (TPSA) is 0 Å². The average molecular weight is 120 g/mol. The molecule has 0 bridgehead atoms. The second kappa shape index (κ2) is 5.10. The predicted octanol–water partition coefficient (Wildman–Crippen LogP) is 2.86. The number of hydrogen-bond donors (Lipinski definition) is 0. The van der Waals surface area contributed by atoms with Gasteiger partial charge in [0.2, 0.25) is 0 Å². The van der Waals surface area contributed by atoms with Crippen molar-refractivity contribution in [2.75, 3.05) is 0 Å². The number of rotatable bonds is 3. The molecular formula is C9H12. The Morgan fingerprint density at radius 3 is 2.33 bits per heavy atom. The second-order valence-electron chi connectivity index (χ2n) is 1.61. The van der Waals surface area contributed by atoms with Crippen molar-refractivity contribution in [2.45, 2.75) is 6.92 Å². The Labute approximate surface area is 56.9 Å². The minimum atomic E-state index is 1.09. The zero-order valence-corrected chi connectivity index (χ0v) is 5.80. The van der Waals surface area contributed by atoms with Crippen molar-refractivity contribution in [2.24, 2.45) is 0 Å². The molecule has 0 aromatic carbocycles. The van der Waals surface area contributed by atoms with Gasteiger partial charge in [-0.25, -0.2) is 0 Å². The van der Waals surface area contributed by atoms with Crippen LogP contribution in [0.1, 0.15) is 6.92 Å². The van der Waals surface area contributed by atoms with Crippen LogP contribution < -0.4 is 0 Å². The molecule has 0 atom stereocenters. The van der Waals surface area contributed by atoms with Crippen LogP contribution in [0.25, 0.3) is 0 Å². The summed E-state index contributed by atoms with van der Waals surface area (Å²) in [6, 6.07) is 0. The van der Waals surface area contributed by atoms with E-state index in [9.17, 15) is 0 Å². The molecule has 0 rings (SSSR count). The minimum Gasteiger partial charge on any atom is -0.0990 e. The van der Waals surface area contributed by atoms with Gasteiger partial charge in [0.15, 0.2) is 0 Å². The highest BCUT2D eigenvalue weighted by Gasteiger charge is 1.76. The first kappa shape index (κ1) is 7.96. The summed E-state index contributed by atoms with van der Waals surface area (Å²) in [6.45, 7) is 9.18. The summed E-state index contributed by atoms with van der Waals surface area (Å²) >= 11 is 0. The van der Waals surface area contributed by atoms with Gasteiger partial charge in [-0.1, -0.05) is 43.5 Å². The van der Waals surface area contributed by atoms with Crippen LogP contribution in [0.15, 0.2) is 49.1 Å². The maximum absolute atomic E-state index is 3.63. The van der Waals surface area contributed by atoms with Gasteiger partial charge in [0, 0.05) is 0 Å². The fraction of sp³-hybridized carbons (Fsp3) is 0.111. The van der Waals surface area contributed by atoms with Crippen LogP contribution in [-0.2, 0) is 0 Å². The lowest BCUT2D eigenvalue weighted by Gasteiger charge is -1.85. The largest absolute Gasteiger partial charge is 0.0990 e. The van der Waals surface area contributed by atoms with Crippen molar-refractivity contribution < 1.29 is 0 Å². The van der Waals surface area contributed by atoms with Crippen LogP contribution in [0.5, 0.6) is 0 Å². The fourth-order valence-corrected chi connectivity index (χ4v) is 0.520. The Morgan fingerprint density at radius 1 is 1.33 bits per heavy atom. The van der Waals surface area contributed by atoms with Crippen LogP contribution in [0.2, 0.25) is 0 Å². The van der Waals surface area contributed by atoms with E-state index in [0.29, 0.717) is 0 Å². The molecule has 0 aliphatic rings. The summed E-state index contributed by atoms with van der Waals surface area (Å²) in [4.78, 5) is 0. The molecular weight excluding hydrogens is 108 g/mol. The van der Waals surface area contributed by atoms with Gasteiger partial charge in [-0.15, -0.1) is 0 Å². The number of allylic oxidation sites excluding steroid dienone is 6. The molecule has 0 heteroatoms. The van der Waals surface area contributed by atoms with Crippen molar-refractivity contribution in [1.29, 1.82) is 0 Å². The van der Waals surface area contributed by atoms with Gasteiger partial charge in [-0.2, -0.15) is 0 Å². The third-order valence-corrected chi connectivity index (χ3v) is 0.905. The van der Waals surface area contributed by atoms with Crippen LogP contribution in [-0.4, -0.2) is 0 Å². The van der Waals surface area contributed by atoms with Gasteiger partial charge in [0.25, 0.3) is 0 Å². The van der Waals surface area contributed by atoms with Crippen molar-refractivity contribution in [3.05, 3.63) is 49.1 Å². The highest BCUT2D eigenvalue weighted by atomic mass is 13.8. The maximum Gasteiger partial charge on any atom is -0.0266 e. The molecule has 0 radical (unpaired) electrons. The monoisotopic (exact) mass is 120 g/mol. The fourth-order valence-electron chi connectivity index (χ4n) is 0.520. The summed E-state index contributed by atoms with van der Waals surface area (Å²) in [7, 11) is 0. The Kier molecular flexibility index (Phi) is 4.51. The molecule has 0 fully saturated rings. The number of hydrogen-bond acceptors (Lipinski definition) is 0. The van der Waals surface area contributed by atoms with E-state index in [1.54, 1.807) is 12.2 Å². The standard InChI is InChI=1S/C9H12/c1-4-7-9(6-3)8-5-2/h4-8H,1,3H2,2H3/b8-5+,9-7+. The Bertz CT molecular complexity index is 147. The predicted molar refractivity (Wildman–Crippen MR) is 43.3 cm³/mol. The third kappa shape index (κ3) is 3.53. The van der Waals surface area contributed by atoms with Gasteiger partial charge < -0.3 is 0 Å². The molecule has 0 unspecified atom stereocenters. The van der Waals surface area contributed by atoms with Crippen LogP contribution in [0.3, 0.4) is 0 Å².